The highest BCUT2D eigenvalue weighted by molar-refractivity contribution is 5.93. The van der Waals surface area contributed by atoms with Gasteiger partial charge in [0.05, 0.1) is 6.61 Å². The van der Waals surface area contributed by atoms with Crippen molar-refractivity contribution in [3.05, 3.63) is 23.8 Å². The SMILES string of the molecule is CCCCCCCCCCCOC(=O)Nc1ccc(O)c(C(=O)O)c1. The molecule has 0 heterocycles. The number of nitrogens with one attached hydrogen (secondary N) is 1. The van der Waals surface area contributed by atoms with E-state index in [2.05, 4.69) is 12.2 Å². The minimum atomic E-state index is -1.26. The second-order valence-corrected chi connectivity index (χ2v) is 6.13. The first-order valence-electron chi connectivity index (χ1n) is 9.04. The van der Waals surface area contributed by atoms with Gasteiger partial charge in [-0.25, -0.2) is 9.59 Å². The van der Waals surface area contributed by atoms with Gasteiger partial charge in [0.15, 0.2) is 0 Å². The van der Waals surface area contributed by atoms with Crippen molar-refractivity contribution in [1.29, 1.82) is 0 Å². The summed E-state index contributed by atoms with van der Waals surface area (Å²) in [5.41, 5.74) is 0.00372. The highest BCUT2D eigenvalue weighted by Crippen LogP contribution is 2.21. The topological polar surface area (TPSA) is 95.9 Å². The van der Waals surface area contributed by atoms with Gasteiger partial charge in [0, 0.05) is 5.69 Å². The molecule has 0 atom stereocenters. The third kappa shape index (κ3) is 8.98. The number of benzene rings is 1. The van der Waals surface area contributed by atoms with Gasteiger partial charge in [-0.15, -0.1) is 0 Å². The van der Waals surface area contributed by atoms with E-state index in [-0.39, 0.29) is 17.0 Å². The van der Waals surface area contributed by atoms with Gasteiger partial charge in [-0.05, 0) is 24.6 Å². The highest BCUT2D eigenvalue weighted by Gasteiger charge is 2.11. The van der Waals surface area contributed by atoms with Crippen LogP contribution in [0.4, 0.5) is 10.5 Å². The molecule has 3 N–H and O–H groups in total. The molecule has 0 fully saturated rings. The first-order chi connectivity index (χ1) is 12.0. The molecule has 0 aliphatic heterocycles. The van der Waals surface area contributed by atoms with Gasteiger partial charge in [0.2, 0.25) is 0 Å². The number of amides is 1. The van der Waals surface area contributed by atoms with Crippen molar-refractivity contribution in [2.45, 2.75) is 64.7 Å². The number of carbonyl (C=O) groups is 2. The Balaban J connectivity index is 2.13. The quantitative estimate of drug-likeness (QED) is 0.356. The van der Waals surface area contributed by atoms with Crippen LogP contribution < -0.4 is 5.32 Å². The number of carboxylic acids is 1. The van der Waals surface area contributed by atoms with Crippen LogP contribution >= 0.6 is 0 Å². The van der Waals surface area contributed by atoms with E-state index < -0.39 is 12.1 Å². The van der Waals surface area contributed by atoms with Crippen LogP contribution in [0.5, 0.6) is 5.75 Å². The molecule has 0 saturated heterocycles. The Morgan fingerprint density at radius 2 is 1.60 bits per heavy atom. The molecule has 140 valence electrons. The molecule has 0 spiro atoms. The van der Waals surface area contributed by atoms with Gasteiger partial charge in [-0.2, -0.15) is 0 Å². The molecule has 6 nitrogen and oxygen atoms in total. The van der Waals surface area contributed by atoms with Gasteiger partial charge in [-0.3, -0.25) is 5.32 Å². The predicted octanol–water partition coefficient (Wildman–Crippen LogP) is 5.17. The Bertz CT molecular complexity index is 545. The highest BCUT2D eigenvalue weighted by atomic mass is 16.5. The summed E-state index contributed by atoms with van der Waals surface area (Å²) in [5, 5.41) is 20.8. The Kier molecular flexibility index (Phi) is 10.1. The summed E-state index contributed by atoms with van der Waals surface area (Å²) in [6.07, 6.45) is 10.1. The van der Waals surface area contributed by atoms with Crippen LogP contribution in [0, 0.1) is 0 Å². The number of phenols is 1. The van der Waals surface area contributed by atoms with Gasteiger partial charge in [-0.1, -0.05) is 58.3 Å². The molecule has 0 saturated carbocycles. The Morgan fingerprint density at radius 3 is 2.20 bits per heavy atom. The summed E-state index contributed by atoms with van der Waals surface area (Å²) in [7, 11) is 0. The lowest BCUT2D eigenvalue weighted by Crippen LogP contribution is -2.14. The lowest BCUT2D eigenvalue weighted by molar-refractivity contribution is 0.0693. The number of aromatic hydroxyl groups is 1. The molecule has 0 bridgehead atoms. The second kappa shape index (κ2) is 12.2. The summed E-state index contributed by atoms with van der Waals surface area (Å²) in [4.78, 5) is 22.6. The second-order valence-electron chi connectivity index (χ2n) is 6.13. The minimum Gasteiger partial charge on any atom is -0.507 e. The molecule has 1 rings (SSSR count). The van der Waals surface area contributed by atoms with Crippen molar-refractivity contribution in [3.63, 3.8) is 0 Å². The van der Waals surface area contributed by atoms with Crippen LogP contribution in [0.2, 0.25) is 0 Å². The van der Waals surface area contributed by atoms with Crippen LogP contribution in [0.3, 0.4) is 0 Å². The van der Waals surface area contributed by atoms with Gasteiger partial charge < -0.3 is 14.9 Å². The van der Waals surface area contributed by atoms with Crippen LogP contribution in [-0.4, -0.2) is 28.9 Å². The lowest BCUT2D eigenvalue weighted by atomic mass is 10.1. The average Bonchev–Trinajstić information content (AvgIpc) is 2.58. The molecule has 25 heavy (non-hydrogen) atoms. The molecular formula is C19H29NO5. The zero-order chi connectivity index (χ0) is 18.5. The van der Waals surface area contributed by atoms with E-state index in [1.807, 2.05) is 0 Å². The number of carbonyl (C=O) groups excluding carboxylic acids is 1. The smallest absolute Gasteiger partial charge is 0.411 e. The number of anilines is 1. The minimum absolute atomic E-state index is 0.267. The molecule has 0 aliphatic carbocycles. The van der Waals surface area contributed by atoms with E-state index in [1.54, 1.807) is 0 Å². The summed E-state index contributed by atoms with van der Waals surface area (Å²) in [6.45, 7) is 2.55. The third-order valence-electron chi connectivity index (χ3n) is 3.95. The van der Waals surface area contributed by atoms with Gasteiger partial charge in [0.25, 0.3) is 0 Å². The van der Waals surface area contributed by atoms with E-state index >= 15 is 0 Å². The van der Waals surface area contributed by atoms with Crippen molar-refractivity contribution < 1.29 is 24.5 Å². The Morgan fingerprint density at radius 1 is 1.00 bits per heavy atom. The van der Waals surface area contributed by atoms with Crippen LogP contribution in [0.15, 0.2) is 18.2 Å². The summed E-state index contributed by atoms with van der Waals surface area (Å²) >= 11 is 0. The van der Waals surface area contributed by atoms with Crippen molar-refractivity contribution in [2.75, 3.05) is 11.9 Å². The largest absolute Gasteiger partial charge is 0.507 e. The van der Waals surface area contributed by atoms with Crippen molar-refractivity contribution >= 4 is 17.7 Å². The molecule has 1 aromatic carbocycles. The molecule has 1 aromatic rings. The van der Waals surface area contributed by atoms with Crippen LogP contribution in [0.1, 0.15) is 75.1 Å². The Labute approximate surface area is 149 Å². The third-order valence-corrected chi connectivity index (χ3v) is 3.95. The fraction of sp³-hybridized carbons (Fsp3) is 0.579. The molecule has 1 amide bonds. The zero-order valence-electron chi connectivity index (χ0n) is 14.9. The van der Waals surface area contributed by atoms with Crippen molar-refractivity contribution in [1.82, 2.24) is 0 Å². The first kappa shape index (κ1) is 20.8. The molecular weight excluding hydrogens is 322 g/mol. The summed E-state index contributed by atoms with van der Waals surface area (Å²) in [5.74, 6) is -1.61. The maximum Gasteiger partial charge on any atom is 0.411 e. The normalized spacial score (nSPS) is 10.4. The van der Waals surface area contributed by atoms with E-state index in [4.69, 9.17) is 9.84 Å². The van der Waals surface area contributed by atoms with Crippen LogP contribution in [-0.2, 0) is 4.74 Å². The zero-order valence-corrected chi connectivity index (χ0v) is 14.9. The number of hydrogen-bond donors (Lipinski definition) is 3. The molecule has 6 heteroatoms. The number of unbranched alkanes of at least 4 members (excludes halogenated alkanes) is 8. The summed E-state index contributed by atoms with van der Waals surface area (Å²) in [6, 6.07) is 3.83. The van der Waals surface area contributed by atoms with Crippen molar-refractivity contribution in [2.24, 2.45) is 0 Å². The van der Waals surface area contributed by atoms with E-state index in [9.17, 15) is 14.7 Å². The number of hydrogen-bond acceptors (Lipinski definition) is 4. The molecule has 0 unspecified atom stereocenters. The molecule has 0 aliphatic rings. The fourth-order valence-corrected chi connectivity index (χ4v) is 2.52. The first-order valence-corrected chi connectivity index (χ1v) is 9.04. The maximum atomic E-state index is 11.7. The van der Waals surface area contributed by atoms with E-state index in [0.717, 1.165) is 19.3 Å². The van der Waals surface area contributed by atoms with E-state index in [1.165, 1.54) is 56.7 Å². The summed E-state index contributed by atoms with van der Waals surface area (Å²) < 4.78 is 5.08. The predicted molar refractivity (Wildman–Crippen MR) is 97.3 cm³/mol. The van der Waals surface area contributed by atoms with E-state index in [0.29, 0.717) is 6.61 Å². The average molecular weight is 351 g/mol. The van der Waals surface area contributed by atoms with Crippen LogP contribution in [0.25, 0.3) is 0 Å². The molecule has 0 radical (unpaired) electrons. The fourth-order valence-electron chi connectivity index (χ4n) is 2.52. The number of rotatable bonds is 12. The monoisotopic (exact) mass is 351 g/mol. The molecule has 0 aromatic heterocycles. The van der Waals surface area contributed by atoms with Gasteiger partial charge >= 0.3 is 12.1 Å². The van der Waals surface area contributed by atoms with Gasteiger partial charge in [0.1, 0.15) is 11.3 Å². The standard InChI is InChI=1S/C19H29NO5/c1-2-3-4-5-6-7-8-9-10-13-25-19(24)20-15-11-12-17(21)16(14-15)18(22)23/h11-12,14,21H,2-10,13H2,1H3,(H,20,24)(H,22,23). The number of aromatic carboxylic acids is 1. The lowest BCUT2D eigenvalue weighted by Gasteiger charge is -2.08. The Hall–Kier alpha value is -2.24. The van der Waals surface area contributed by atoms with Crippen molar-refractivity contribution in [3.8, 4) is 5.75 Å². The maximum absolute atomic E-state index is 11.7. The number of carboxylic acid groups (broad SMARTS) is 1. The number of ether oxygens (including phenoxy) is 1.